The predicted molar refractivity (Wildman–Crippen MR) is 107 cm³/mol. The van der Waals surface area contributed by atoms with Crippen LogP contribution in [0.5, 0.6) is 17.2 Å². The van der Waals surface area contributed by atoms with E-state index in [4.69, 9.17) is 14.2 Å². The van der Waals surface area contributed by atoms with Crippen LogP contribution in [0, 0.1) is 0 Å². The number of ether oxygens (including phenoxy) is 3. The zero-order valence-electron chi connectivity index (χ0n) is 16.8. The number of hydrogen-bond donors (Lipinski definition) is 5. The first-order valence-corrected chi connectivity index (χ1v) is 9.46. The van der Waals surface area contributed by atoms with Gasteiger partial charge in [0.1, 0.15) is 30.4 Å². The molecule has 0 spiro atoms. The monoisotopic (exact) mass is 433 g/mol. The molecule has 12 heteroatoms. The fraction of sp³-hybridized carbons (Fsp3) is 0.421. The number of aromatic hydroxyl groups is 1. The molecule has 0 amide bonds. The minimum atomic E-state index is -1.26. The highest BCUT2D eigenvalue weighted by Gasteiger charge is 2.44. The summed E-state index contributed by atoms with van der Waals surface area (Å²) < 4.78 is 17.5. The summed E-state index contributed by atoms with van der Waals surface area (Å²) in [7, 11) is 2.95. The lowest BCUT2D eigenvalue weighted by atomic mass is 10.1. The molecule has 1 unspecified atom stereocenters. The summed E-state index contributed by atoms with van der Waals surface area (Å²) in [5.41, 5.74) is 1.22. The summed E-state index contributed by atoms with van der Waals surface area (Å²) in [4.78, 5) is 12.7. The number of aromatic nitrogens is 4. The molecule has 12 nitrogen and oxygen atoms in total. The Bertz CT molecular complexity index is 1080. The Labute approximate surface area is 176 Å². The predicted octanol–water partition coefficient (Wildman–Crippen LogP) is -0.227. The number of benzene rings is 1. The molecule has 1 aliphatic heterocycles. The Morgan fingerprint density at radius 2 is 1.84 bits per heavy atom. The molecule has 0 aliphatic carbocycles. The van der Waals surface area contributed by atoms with Gasteiger partial charge in [-0.05, 0) is 12.1 Å². The van der Waals surface area contributed by atoms with Gasteiger partial charge >= 0.3 is 0 Å². The van der Waals surface area contributed by atoms with Crippen LogP contribution in [-0.2, 0) is 11.3 Å². The molecular weight excluding hydrogens is 410 g/mol. The Hall–Kier alpha value is -3.19. The van der Waals surface area contributed by atoms with Gasteiger partial charge in [-0.25, -0.2) is 15.0 Å². The lowest BCUT2D eigenvalue weighted by Crippen LogP contribution is -2.33. The smallest absolute Gasteiger partial charge is 0.167 e. The maximum atomic E-state index is 10.5. The van der Waals surface area contributed by atoms with E-state index < -0.39 is 31.1 Å². The quantitative estimate of drug-likeness (QED) is 0.334. The summed E-state index contributed by atoms with van der Waals surface area (Å²) in [5, 5.41) is 43.2. The van der Waals surface area contributed by atoms with Gasteiger partial charge in [0.05, 0.1) is 32.7 Å². The zero-order chi connectivity index (χ0) is 22.1. The van der Waals surface area contributed by atoms with Crippen molar-refractivity contribution in [3.8, 4) is 17.2 Å². The number of imidazole rings is 1. The highest BCUT2D eigenvalue weighted by atomic mass is 16.6. The van der Waals surface area contributed by atoms with Crippen LogP contribution in [0.25, 0.3) is 11.2 Å². The number of aliphatic hydroxyl groups excluding tert-OH is 3. The number of fused-ring (bicyclic) bond motifs is 1. The van der Waals surface area contributed by atoms with E-state index in [9.17, 15) is 20.4 Å². The van der Waals surface area contributed by atoms with Crippen molar-refractivity contribution in [2.75, 3.05) is 26.1 Å². The Morgan fingerprint density at radius 3 is 2.52 bits per heavy atom. The van der Waals surface area contributed by atoms with Crippen molar-refractivity contribution in [3.05, 3.63) is 30.4 Å². The summed E-state index contributed by atoms with van der Waals surface area (Å²) in [6.45, 7) is -0.284. The maximum absolute atomic E-state index is 10.5. The minimum absolute atomic E-state index is 0.0586. The molecule has 5 N–H and O–H groups in total. The van der Waals surface area contributed by atoms with Crippen molar-refractivity contribution in [1.82, 2.24) is 19.5 Å². The third-order valence-corrected chi connectivity index (χ3v) is 5.23. The van der Waals surface area contributed by atoms with Gasteiger partial charge in [-0.15, -0.1) is 0 Å². The molecule has 0 saturated carbocycles. The first kappa shape index (κ1) is 21.1. The first-order chi connectivity index (χ1) is 15.0. The molecule has 4 rings (SSSR count). The van der Waals surface area contributed by atoms with E-state index in [2.05, 4.69) is 20.3 Å². The van der Waals surface area contributed by atoms with Gasteiger partial charge in [0.2, 0.25) is 0 Å². The van der Waals surface area contributed by atoms with Crippen molar-refractivity contribution in [1.29, 1.82) is 0 Å². The van der Waals surface area contributed by atoms with Crippen LogP contribution in [0.3, 0.4) is 0 Å². The third kappa shape index (κ3) is 3.59. The van der Waals surface area contributed by atoms with Crippen LogP contribution in [0.2, 0.25) is 0 Å². The van der Waals surface area contributed by atoms with Crippen LogP contribution >= 0.6 is 0 Å². The van der Waals surface area contributed by atoms with Gasteiger partial charge < -0.3 is 40.0 Å². The Morgan fingerprint density at radius 1 is 1.10 bits per heavy atom. The molecule has 1 saturated heterocycles. The molecular formula is C19H23N5O7. The molecule has 1 aromatic carbocycles. The highest BCUT2D eigenvalue weighted by molar-refractivity contribution is 5.82. The number of aliphatic hydroxyl groups is 3. The summed E-state index contributed by atoms with van der Waals surface area (Å²) in [6, 6.07) is 3.28. The lowest BCUT2D eigenvalue weighted by Gasteiger charge is -2.16. The molecule has 3 heterocycles. The second-order valence-corrected chi connectivity index (χ2v) is 6.93. The second-order valence-electron chi connectivity index (χ2n) is 6.93. The third-order valence-electron chi connectivity index (χ3n) is 5.23. The number of hydrogen-bond acceptors (Lipinski definition) is 11. The summed E-state index contributed by atoms with van der Waals surface area (Å²) >= 11 is 0. The molecule has 1 aliphatic rings. The van der Waals surface area contributed by atoms with Crippen molar-refractivity contribution in [2.45, 2.75) is 31.1 Å². The number of anilines is 1. The molecule has 2 aromatic heterocycles. The van der Waals surface area contributed by atoms with E-state index in [0.717, 1.165) is 0 Å². The second kappa shape index (κ2) is 8.51. The van der Waals surface area contributed by atoms with E-state index in [1.807, 2.05) is 0 Å². The average molecular weight is 433 g/mol. The average Bonchev–Trinajstić information content (AvgIpc) is 3.34. The summed E-state index contributed by atoms with van der Waals surface area (Å²) in [6.07, 6.45) is -1.67. The maximum Gasteiger partial charge on any atom is 0.167 e. The normalized spacial score (nSPS) is 23.3. The molecule has 3 aromatic rings. The van der Waals surface area contributed by atoms with Gasteiger partial charge in [-0.1, -0.05) is 0 Å². The lowest BCUT2D eigenvalue weighted by molar-refractivity contribution is -0.0511. The molecule has 31 heavy (non-hydrogen) atoms. The van der Waals surface area contributed by atoms with Crippen LogP contribution in [0.4, 0.5) is 5.82 Å². The number of phenolic OH excluding ortho intramolecular Hbond substituents is 1. The standard InChI is InChI=1S/C19H23N5O7/c1-29-10-3-4-11(30-2)14(26)9(10)5-20-17-13-18(22-7-21-17)24(8-23-13)19-16(28)15(27)12(6-25)31-19/h3-4,7-8,12,15-16,19,25-28H,5-6H2,1-2H3,(H,20,21,22)/t12-,15-,16-,19?/m1/s1. The number of phenols is 1. The van der Waals surface area contributed by atoms with Crippen LogP contribution in [-0.4, -0.2) is 79.1 Å². The first-order valence-electron chi connectivity index (χ1n) is 9.46. The fourth-order valence-corrected chi connectivity index (χ4v) is 3.57. The van der Waals surface area contributed by atoms with Crippen LogP contribution in [0.15, 0.2) is 24.8 Å². The Balaban J connectivity index is 1.63. The molecule has 1 fully saturated rings. The topological polar surface area (TPSA) is 164 Å². The molecule has 166 valence electrons. The van der Waals surface area contributed by atoms with E-state index in [0.29, 0.717) is 34.0 Å². The van der Waals surface area contributed by atoms with Crippen molar-refractivity contribution in [3.63, 3.8) is 0 Å². The van der Waals surface area contributed by atoms with Gasteiger partial charge in [0.15, 0.2) is 34.7 Å². The van der Waals surface area contributed by atoms with Gasteiger partial charge in [0.25, 0.3) is 0 Å². The number of methoxy groups -OCH3 is 2. The number of nitrogens with one attached hydrogen (secondary N) is 1. The Kier molecular flexibility index (Phi) is 5.78. The highest BCUT2D eigenvalue weighted by Crippen LogP contribution is 2.37. The SMILES string of the molecule is COc1ccc(OC)c(CNc2ncnc3c2ncn3C2O[C@H](CO)[C@@H](O)[C@H]2O)c1O. The summed E-state index contributed by atoms with van der Waals surface area (Å²) in [5.74, 6) is 1.09. The van der Waals surface area contributed by atoms with Crippen LogP contribution in [0.1, 0.15) is 11.8 Å². The van der Waals surface area contributed by atoms with Crippen molar-refractivity contribution < 1.29 is 34.6 Å². The van der Waals surface area contributed by atoms with E-state index >= 15 is 0 Å². The van der Waals surface area contributed by atoms with Crippen molar-refractivity contribution in [2.24, 2.45) is 0 Å². The van der Waals surface area contributed by atoms with Gasteiger partial charge in [0, 0.05) is 6.54 Å². The zero-order valence-corrected chi connectivity index (χ0v) is 16.8. The largest absolute Gasteiger partial charge is 0.504 e. The van der Waals surface area contributed by atoms with Crippen LogP contribution < -0.4 is 14.8 Å². The fourth-order valence-electron chi connectivity index (χ4n) is 3.57. The van der Waals surface area contributed by atoms with Gasteiger partial charge in [-0.2, -0.15) is 0 Å². The van der Waals surface area contributed by atoms with Gasteiger partial charge in [-0.3, -0.25) is 4.57 Å². The van der Waals surface area contributed by atoms with Crippen molar-refractivity contribution >= 4 is 17.0 Å². The van der Waals surface area contributed by atoms with E-state index in [1.54, 1.807) is 12.1 Å². The molecule has 0 radical (unpaired) electrons. The molecule has 0 bridgehead atoms. The molecule has 4 atom stereocenters. The number of nitrogens with zero attached hydrogens (tertiary/aromatic N) is 4. The van der Waals surface area contributed by atoms with E-state index in [-0.39, 0.29) is 12.3 Å². The van der Waals surface area contributed by atoms with E-state index in [1.165, 1.54) is 31.4 Å². The number of rotatable bonds is 7. The minimum Gasteiger partial charge on any atom is -0.504 e.